The van der Waals surface area contributed by atoms with Gasteiger partial charge in [0.1, 0.15) is 4.90 Å². The maximum atomic E-state index is 11.6. The molecule has 0 bridgehead atoms. The number of halogens is 1. The molecule has 0 radical (unpaired) electrons. The molecule has 0 amide bonds. The lowest BCUT2D eigenvalue weighted by molar-refractivity contribution is -0.387. The first kappa shape index (κ1) is 12.1. The van der Waals surface area contributed by atoms with E-state index < -0.39 is 14.8 Å². The van der Waals surface area contributed by atoms with E-state index in [1.807, 2.05) is 0 Å². The summed E-state index contributed by atoms with van der Waals surface area (Å²) < 4.78 is 23.6. The summed E-state index contributed by atoms with van der Waals surface area (Å²) in [6, 6.07) is 3.86. The first-order valence-corrected chi connectivity index (χ1v) is 6.49. The van der Waals surface area contributed by atoms with E-state index in [2.05, 4.69) is 15.9 Å². The van der Waals surface area contributed by atoms with Crippen molar-refractivity contribution in [3.05, 3.63) is 32.8 Å². The van der Waals surface area contributed by atoms with Crippen LogP contribution in [0, 0.1) is 10.1 Å². The van der Waals surface area contributed by atoms with Crippen molar-refractivity contribution in [2.45, 2.75) is 11.8 Å². The Labute approximate surface area is 95.3 Å². The third kappa shape index (κ3) is 2.54. The first-order valence-electron chi connectivity index (χ1n) is 4.05. The van der Waals surface area contributed by atoms with Gasteiger partial charge in [-0.1, -0.05) is 22.9 Å². The van der Waals surface area contributed by atoms with Crippen molar-refractivity contribution >= 4 is 31.5 Å². The molecule has 1 rings (SSSR count). The van der Waals surface area contributed by atoms with E-state index in [-0.39, 0.29) is 16.3 Å². The molecule has 0 aliphatic carbocycles. The molecular weight excluding hydrogens is 286 g/mol. The average molecular weight is 294 g/mol. The highest BCUT2D eigenvalue weighted by atomic mass is 79.9. The molecule has 0 saturated heterocycles. The van der Waals surface area contributed by atoms with Crippen molar-refractivity contribution in [1.29, 1.82) is 0 Å². The second-order valence-electron chi connectivity index (χ2n) is 2.77. The van der Waals surface area contributed by atoms with Crippen LogP contribution < -0.4 is 0 Å². The fraction of sp³-hybridized carbons (Fsp3) is 0.250. The monoisotopic (exact) mass is 293 g/mol. The lowest BCUT2D eigenvalue weighted by Gasteiger charge is -2.02. The lowest BCUT2D eigenvalue weighted by atomic mass is 10.3. The molecule has 0 aromatic heterocycles. The van der Waals surface area contributed by atoms with Gasteiger partial charge in [0.2, 0.25) is 0 Å². The van der Waals surface area contributed by atoms with Crippen molar-refractivity contribution in [3.8, 4) is 0 Å². The zero-order valence-electron chi connectivity index (χ0n) is 7.81. The van der Waals surface area contributed by atoms with Gasteiger partial charge in [-0.25, -0.2) is 8.42 Å². The lowest BCUT2D eigenvalue weighted by Crippen LogP contribution is -2.07. The molecule has 7 heteroatoms. The fourth-order valence-electron chi connectivity index (χ4n) is 1.04. The van der Waals surface area contributed by atoms with Crippen LogP contribution in [-0.2, 0) is 9.84 Å². The van der Waals surface area contributed by atoms with Crippen LogP contribution in [0.5, 0.6) is 0 Å². The smallest absolute Gasteiger partial charge is 0.258 e. The summed E-state index contributed by atoms with van der Waals surface area (Å²) >= 11 is 3.08. The van der Waals surface area contributed by atoms with Crippen LogP contribution in [0.2, 0.25) is 0 Å². The number of nitro groups is 1. The highest BCUT2D eigenvalue weighted by Gasteiger charge is 2.24. The van der Waals surface area contributed by atoms with Gasteiger partial charge in [0, 0.05) is 10.5 Å². The van der Waals surface area contributed by atoms with Crippen molar-refractivity contribution < 1.29 is 13.3 Å². The molecule has 1 aromatic carbocycles. The molecule has 0 aliphatic heterocycles. The van der Waals surface area contributed by atoms with E-state index in [4.69, 9.17) is 0 Å². The third-order valence-electron chi connectivity index (χ3n) is 1.83. The largest absolute Gasteiger partial charge is 0.288 e. The normalized spacial score (nSPS) is 11.3. The summed E-state index contributed by atoms with van der Waals surface area (Å²) in [6.07, 6.45) is 0. The van der Waals surface area contributed by atoms with Gasteiger partial charge in [-0.15, -0.1) is 0 Å². The fourth-order valence-corrected chi connectivity index (χ4v) is 2.63. The van der Waals surface area contributed by atoms with Crippen LogP contribution in [0.4, 0.5) is 5.69 Å². The van der Waals surface area contributed by atoms with E-state index >= 15 is 0 Å². The van der Waals surface area contributed by atoms with Crippen molar-refractivity contribution in [2.75, 3.05) is 5.75 Å². The molecule has 1 aromatic rings. The maximum absolute atomic E-state index is 11.6. The van der Waals surface area contributed by atoms with Gasteiger partial charge < -0.3 is 0 Å². The number of nitrogens with zero attached hydrogens (tertiary/aromatic N) is 1. The highest BCUT2D eigenvalue weighted by molar-refractivity contribution is 9.10. The van der Waals surface area contributed by atoms with Gasteiger partial charge in [-0.3, -0.25) is 10.1 Å². The summed E-state index contributed by atoms with van der Waals surface area (Å²) in [5.41, 5.74) is -0.389. The number of sulfone groups is 1. The van der Waals surface area contributed by atoms with Crippen molar-refractivity contribution in [3.63, 3.8) is 0 Å². The van der Waals surface area contributed by atoms with E-state index in [1.54, 1.807) is 0 Å². The van der Waals surface area contributed by atoms with E-state index in [1.165, 1.54) is 25.1 Å². The third-order valence-corrected chi connectivity index (χ3v) is 4.08. The Hall–Kier alpha value is -0.950. The van der Waals surface area contributed by atoms with Crippen LogP contribution >= 0.6 is 15.9 Å². The molecule has 15 heavy (non-hydrogen) atoms. The Morgan fingerprint density at radius 2 is 2.07 bits per heavy atom. The summed E-state index contributed by atoms with van der Waals surface area (Å²) in [5.74, 6) is -0.162. The zero-order chi connectivity index (χ0) is 11.6. The molecule has 0 saturated carbocycles. The topological polar surface area (TPSA) is 77.3 Å². The van der Waals surface area contributed by atoms with E-state index in [0.29, 0.717) is 4.47 Å². The second-order valence-corrected chi connectivity index (χ2v) is 5.93. The van der Waals surface area contributed by atoms with E-state index in [0.717, 1.165) is 0 Å². The van der Waals surface area contributed by atoms with Crippen LogP contribution in [-0.4, -0.2) is 19.1 Å². The van der Waals surface area contributed by atoms with Crippen molar-refractivity contribution in [1.82, 2.24) is 0 Å². The summed E-state index contributed by atoms with van der Waals surface area (Å²) in [6.45, 7) is 1.44. The standard InChI is InChI=1S/C8H8BrNO4S/c1-2-15(13,14)8-5-6(9)3-4-7(8)10(11)12/h3-5H,2H2,1H3. The van der Waals surface area contributed by atoms with Crippen LogP contribution in [0.3, 0.4) is 0 Å². The quantitative estimate of drug-likeness (QED) is 0.632. The molecule has 0 N–H and O–H groups in total. The summed E-state index contributed by atoms with van der Waals surface area (Å²) in [4.78, 5) is 9.68. The van der Waals surface area contributed by atoms with Gasteiger partial charge in [0.15, 0.2) is 9.84 Å². The predicted molar refractivity (Wildman–Crippen MR) is 58.5 cm³/mol. The molecule has 82 valence electrons. The first-order chi connectivity index (χ1) is 6.88. The molecule has 0 heterocycles. The van der Waals surface area contributed by atoms with Gasteiger partial charge in [0.05, 0.1) is 10.7 Å². The Morgan fingerprint density at radius 1 is 1.47 bits per heavy atom. The summed E-state index contributed by atoms with van der Waals surface area (Å²) in [5, 5.41) is 10.6. The SMILES string of the molecule is CCS(=O)(=O)c1cc(Br)ccc1[N+](=O)[O-]. The van der Waals surface area contributed by atoms with Crippen LogP contribution in [0.25, 0.3) is 0 Å². The Balaban J connectivity index is 3.51. The Kier molecular flexibility index (Phi) is 3.46. The Morgan fingerprint density at radius 3 is 2.53 bits per heavy atom. The zero-order valence-corrected chi connectivity index (χ0v) is 10.2. The summed E-state index contributed by atoms with van der Waals surface area (Å²) in [7, 11) is -3.57. The van der Waals surface area contributed by atoms with Crippen molar-refractivity contribution in [2.24, 2.45) is 0 Å². The predicted octanol–water partition coefficient (Wildman–Crippen LogP) is 2.15. The molecule has 0 unspecified atom stereocenters. The number of rotatable bonds is 3. The minimum absolute atomic E-state index is 0.162. The minimum Gasteiger partial charge on any atom is -0.258 e. The van der Waals surface area contributed by atoms with Gasteiger partial charge >= 0.3 is 0 Å². The number of nitro benzene ring substituents is 1. The second kappa shape index (κ2) is 4.28. The van der Waals surface area contributed by atoms with Crippen LogP contribution in [0.1, 0.15) is 6.92 Å². The van der Waals surface area contributed by atoms with Crippen LogP contribution in [0.15, 0.2) is 27.6 Å². The number of hydrogen-bond donors (Lipinski definition) is 0. The highest BCUT2D eigenvalue weighted by Crippen LogP contribution is 2.27. The number of hydrogen-bond acceptors (Lipinski definition) is 4. The molecule has 0 aliphatic rings. The number of benzene rings is 1. The van der Waals surface area contributed by atoms with Gasteiger partial charge in [-0.2, -0.15) is 0 Å². The van der Waals surface area contributed by atoms with Gasteiger partial charge in [-0.05, 0) is 12.1 Å². The maximum Gasteiger partial charge on any atom is 0.288 e. The van der Waals surface area contributed by atoms with Gasteiger partial charge in [0.25, 0.3) is 5.69 Å². The Bertz CT molecular complexity index is 497. The average Bonchev–Trinajstić information content (AvgIpc) is 2.17. The van der Waals surface area contributed by atoms with E-state index in [9.17, 15) is 18.5 Å². The molecule has 0 fully saturated rings. The minimum atomic E-state index is -3.57. The molecule has 0 spiro atoms. The molecule has 5 nitrogen and oxygen atoms in total. The molecule has 0 atom stereocenters. The molecular formula is C8H8BrNO4S.